The van der Waals surface area contributed by atoms with Crippen molar-refractivity contribution in [1.29, 1.82) is 0 Å². The molecule has 5 heteroatoms. The normalized spacial score (nSPS) is 11.2. The number of fused-ring (bicyclic) bond motifs is 2. The van der Waals surface area contributed by atoms with Crippen molar-refractivity contribution in [2.24, 2.45) is 0 Å². The summed E-state index contributed by atoms with van der Waals surface area (Å²) in [4.78, 5) is 20.5. The number of halogens is 1. The van der Waals surface area contributed by atoms with Gasteiger partial charge in [-0.3, -0.25) is 9.69 Å². The average molecular weight is 443 g/mol. The summed E-state index contributed by atoms with van der Waals surface area (Å²) in [7, 11) is 0. The van der Waals surface area contributed by atoms with Crippen molar-refractivity contribution in [3.8, 4) is 0 Å². The fourth-order valence-corrected chi connectivity index (χ4v) is 5.07. The Labute approximate surface area is 189 Å². The number of anilines is 1. The number of carbonyl (C=O) groups is 1. The van der Waals surface area contributed by atoms with Crippen LogP contribution in [0.1, 0.15) is 21.5 Å². The maximum Gasteiger partial charge on any atom is 0.261 e. The van der Waals surface area contributed by atoms with E-state index in [0.717, 1.165) is 32.1 Å². The number of nitrogens with zero attached hydrogens (tertiary/aromatic N) is 2. The summed E-state index contributed by atoms with van der Waals surface area (Å²) in [5.74, 6) is -0.0755. The maximum absolute atomic E-state index is 13.9. The molecule has 0 atom stereocenters. The Morgan fingerprint density at radius 2 is 1.68 bits per heavy atom. The molecule has 0 fully saturated rings. The zero-order valence-corrected chi connectivity index (χ0v) is 18.5. The van der Waals surface area contributed by atoms with Gasteiger partial charge in [0.2, 0.25) is 0 Å². The van der Waals surface area contributed by atoms with Crippen LogP contribution >= 0.6 is 22.9 Å². The van der Waals surface area contributed by atoms with Gasteiger partial charge in [-0.25, -0.2) is 4.98 Å². The monoisotopic (exact) mass is 442 g/mol. The molecule has 0 unspecified atom stereocenters. The van der Waals surface area contributed by atoms with Gasteiger partial charge in [-0.2, -0.15) is 0 Å². The van der Waals surface area contributed by atoms with Crippen LogP contribution in [0.15, 0.2) is 84.9 Å². The standard InChI is InChI=1S/C26H19ClN2OS/c1-17-14-15-22(27)24-23(17)28-26(31-24)29(16-18-8-3-2-4-9-18)25(30)21-13-7-11-19-10-5-6-12-20(19)21/h2-15H,16H2,1H3. The van der Waals surface area contributed by atoms with Gasteiger partial charge in [0.05, 0.1) is 21.8 Å². The summed E-state index contributed by atoms with van der Waals surface area (Å²) >= 11 is 7.90. The van der Waals surface area contributed by atoms with Crippen molar-refractivity contribution in [2.75, 3.05) is 4.90 Å². The highest BCUT2D eigenvalue weighted by molar-refractivity contribution is 7.23. The lowest BCUT2D eigenvalue weighted by Gasteiger charge is -2.21. The van der Waals surface area contributed by atoms with Crippen molar-refractivity contribution in [3.63, 3.8) is 0 Å². The molecular weight excluding hydrogens is 424 g/mol. The molecule has 152 valence electrons. The van der Waals surface area contributed by atoms with Crippen molar-refractivity contribution in [2.45, 2.75) is 13.5 Å². The first-order valence-electron chi connectivity index (χ1n) is 10.0. The van der Waals surface area contributed by atoms with Crippen LogP contribution in [0.5, 0.6) is 0 Å². The second-order valence-electron chi connectivity index (χ2n) is 7.44. The minimum atomic E-state index is -0.0755. The van der Waals surface area contributed by atoms with Crippen LogP contribution in [0.2, 0.25) is 5.02 Å². The summed E-state index contributed by atoms with van der Waals surface area (Å²) in [5.41, 5.74) is 3.59. The molecule has 0 bridgehead atoms. The molecule has 0 aliphatic heterocycles. The van der Waals surface area contributed by atoms with Crippen LogP contribution in [-0.2, 0) is 6.54 Å². The van der Waals surface area contributed by atoms with Gasteiger partial charge in [-0.15, -0.1) is 0 Å². The lowest BCUT2D eigenvalue weighted by Crippen LogP contribution is -2.30. The second kappa shape index (κ2) is 8.14. The Balaban J connectivity index is 1.67. The molecule has 31 heavy (non-hydrogen) atoms. The van der Waals surface area contributed by atoms with E-state index in [9.17, 15) is 4.79 Å². The summed E-state index contributed by atoms with van der Waals surface area (Å²) in [5, 5.41) is 3.27. The minimum Gasteiger partial charge on any atom is -0.279 e. The molecular formula is C26H19ClN2OS. The molecule has 0 saturated carbocycles. The number of benzene rings is 4. The van der Waals surface area contributed by atoms with E-state index in [-0.39, 0.29) is 5.91 Å². The van der Waals surface area contributed by atoms with Crippen molar-refractivity contribution < 1.29 is 4.79 Å². The number of hydrogen-bond donors (Lipinski definition) is 0. The van der Waals surface area contributed by atoms with E-state index in [0.29, 0.717) is 22.3 Å². The van der Waals surface area contributed by atoms with E-state index in [1.54, 1.807) is 4.90 Å². The quantitative estimate of drug-likeness (QED) is 0.293. The van der Waals surface area contributed by atoms with Gasteiger partial charge in [0.15, 0.2) is 5.13 Å². The Hall–Kier alpha value is -3.21. The fraction of sp³-hybridized carbons (Fsp3) is 0.0769. The molecule has 1 amide bonds. The first-order chi connectivity index (χ1) is 15.1. The zero-order valence-electron chi connectivity index (χ0n) is 16.9. The Morgan fingerprint density at radius 1 is 0.935 bits per heavy atom. The Morgan fingerprint density at radius 3 is 2.48 bits per heavy atom. The van der Waals surface area contributed by atoms with Crippen molar-refractivity contribution >= 4 is 55.0 Å². The van der Waals surface area contributed by atoms with E-state index in [1.165, 1.54) is 11.3 Å². The van der Waals surface area contributed by atoms with E-state index in [1.807, 2.05) is 91.9 Å². The topological polar surface area (TPSA) is 33.2 Å². The number of hydrogen-bond acceptors (Lipinski definition) is 3. The van der Waals surface area contributed by atoms with Crippen LogP contribution in [0.4, 0.5) is 5.13 Å². The third-order valence-corrected chi connectivity index (χ3v) is 6.90. The van der Waals surface area contributed by atoms with Crippen LogP contribution in [0.25, 0.3) is 21.0 Å². The highest BCUT2D eigenvalue weighted by Gasteiger charge is 2.24. The van der Waals surface area contributed by atoms with Gasteiger partial charge >= 0.3 is 0 Å². The van der Waals surface area contributed by atoms with Crippen molar-refractivity contribution in [1.82, 2.24) is 4.98 Å². The van der Waals surface area contributed by atoms with Gasteiger partial charge in [-0.05, 0) is 41.0 Å². The van der Waals surface area contributed by atoms with Crippen LogP contribution in [-0.4, -0.2) is 10.9 Å². The number of rotatable bonds is 4. The molecule has 0 saturated heterocycles. The van der Waals surface area contributed by atoms with E-state index >= 15 is 0 Å². The predicted molar refractivity (Wildman–Crippen MR) is 130 cm³/mol. The van der Waals surface area contributed by atoms with Gasteiger partial charge in [-0.1, -0.05) is 95.7 Å². The van der Waals surface area contributed by atoms with Crippen LogP contribution in [0.3, 0.4) is 0 Å². The molecule has 1 aromatic heterocycles. The number of amides is 1. The molecule has 5 aromatic rings. The molecule has 0 aliphatic rings. The number of carbonyl (C=O) groups excluding carboxylic acids is 1. The molecule has 3 nitrogen and oxygen atoms in total. The van der Waals surface area contributed by atoms with E-state index < -0.39 is 0 Å². The largest absolute Gasteiger partial charge is 0.279 e. The van der Waals surface area contributed by atoms with Crippen LogP contribution < -0.4 is 4.90 Å². The van der Waals surface area contributed by atoms with Crippen LogP contribution in [0, 0.1) is 6.92 Å². The summed E-state index contributed by atoms with van der Waals surface area (Å²) in [6.07, 6.45) is 0. The molecule has 5 rings (SSSR count). The second-order valence-corrected chi connectivity index (χ2v) is 8.83. The van der Waals surface area contributed by atoms with Gasteiger partial charge in [0, 0.05) is 5.56 Å². The smallest absolute Gasteiger partial charge is 0.261 e. The summed E-state index contributed by atoms with van der Waals surface area (Å²) in [6.45, 7) is 2.44. The summed E-state index contributed by atoms with van der Waals surface area (Å²) < 4.78 is 0.903. The number of aromatic nitrogens is 1. The first kappa shape index (κ1) is 19.7. The molecule has 4 aromatic carbocycles. The molecule has 0 spiro atoms. The van der Waals surface area contributed by atoms with Crippen molar-refractivity contribution in [3.05, 3.63) is 107 Å². The molecule has 1 heterocycles. The molecule has 0 radical (unpaired) electrons. The highest BCUT2D eigenvalue weighted by Crippen LogP contribution is 2.37. The fourth-order valence-electron chi connectivity index (χ4n) is 3.76. The molecule has 0 aliphatic carbocycles. The van der Waals surface area contributed by atoms with Gasteiger partial charge in [0.1, 0.15) is 0 Å². The SMILES string of the molecule is Cc1ccc(Cl)c2sc(N(Cc3ccccc3)C(=O)c3cccc4ccccc34)nc12. The molecule has 0 N–H and O–H groups in total. The number of aryl methyl sites for hydroxylation is 1. The Bertz CT molecular complexity index is 1370. The minimum absolute atomic E-state index is 0.0755. The Kier molecular flexibility index (Phi) is 5.18. The number of thiazole rings is 1. The predicted octanol–water partition coefficient (Wildman–Crippen LogP) is 7.26. The van der Waals surface area contributed by atoms with E-state index in [2.05, 4.69) is 0 Å². The lowest BCUT2D eigenvalue weighted by atomic mass is 10.0. The van der Waals surface area contributed by atoms with Gasteiger partial charge in [0.25, 0.3) is 5.91 Å². The highest BCUT2D eigenvalue weighted by atomic mass is 35.5. The average Bonchev–Trinajstić information content (AvgIpc) is 3.26. The zero-order chi connectivity index (χ0) is 21.4. The lowest BCUT2D eigenvalue weighted by molar-refractivity contribution is 0.0986. The third-order valence-electron chi connectivity index (χ3n) is 5.37. The maximum atomic E-state index is 13.9. The third kappa shape index (κ3) is 3.69. The summed E-state index contributed by atoms with van der Waals surface area (Å²) in [6, 6.07) is 27.6. The first-order valence-corrected chi connectivity index (χ1v) is 11.2. The van der Waals surface area contributed by atoms with Gasteiger partial charge < -0.3 is 0 Å². The van der Waals surface area contributed by atoms with E-state index in [4.69, 9.17) is 16.6 Å².